The molecule has 0 aliphatic carbocycles. The Kier molecular flexibility index (Phi) is 5.28. The maximum absolute atomic E-state index is 11.1. The van der Waals surface area contributed by atoms with Crippen molar-refractivity contribution in [1.82, 2.24) is 0 Å². The van der Waals surface area contributed by atoms with Crippen LogP contribution in [-0.4, -0.2) is 4.92 Å². The van der Waals surface area contributed by atoms with Crippen LogP contribution in [0.3, 0.4) is 0 Å². The summed E-state index contributed by atoms with van der Waals surface area (Å²) < 4.78 is 5.49. The van der Waals surface area contributed by atoms with E-state index in [1.165, 1.54) is 12.1 Å². The first-order chi connectivity index (χ1) is 10.0. The van der Waals surface area contributed by atoms with Crippen molar-refractivity contribution < 1.29 is 9.66 Å². The van der Waals surface area contributed by atoms with Crippen LogP contribution in [0.1, 0.15) is 11.1 Å². The smallest absolute Gasteiger partial charge is 0.311 e. The van der Waals surface area contributed by atoms with Gasteiger partial charge in [-0.15, -0.1) is 11.6 Å². The molecular formula is C14H10Cl3NO3. The number of nitro benzene ring substituents is 1. The number of rotatable bonds is 5. The zero-order valence-electron chi connectivity index (χ0n) is 10.7. The van der Waals surface area contributed by atoms with Crippen LogP contribution in [-0.2, 0) is 12.5 Å². The molecule has 7 heteroatoms. The normalized spacial score (nSPS) is 10.4. The fourth-order valence-electron chi connectivity index (χ4n) is 1.73. The van der Waals surface area contributed by atoms with Crippen molar-refractivity contribution in [3.05, 3.63) is 67.7 Å². The van der Waals surface area contributed by atoms with Gasteiger partial charge in [0.25, 0.3) is 0 Å². The van der Waals surface area contributed by atoms with Crippen molar-refractivity contribution in [2.24, 2.45) is 0 Å². The summed E-state index contributed by atoms with van der Waals surface area (Å²) >= 11 is 17.7. The van der Waals surface area contributed by atoms with E-state index >= 15 is 0 Å². The Morgan fingerprint density at radius 1 is 1.14 bits per heavy atom. The second kappa shape index (κ2) is 6.98. The van der Waals surface area contributed by atoms with Gasteiger partial charge < -0.3 is 4.74 Å². The van der Waals surface area contributed by atoms with Crippen LogP contribution in [0, 0.1) is 10.1 Å². The van der Waals surface area contributed by atoms with E-state index in [0.29, 0.717) is 21.2 Å². The highest BCUT2D eigenvalue weighted by Gasteiger charge is 2.17. The highest BCUT2D eigenvalue weighted by molar-refractivity contribution is 6.35. The number of ether oxygens (including phenoxy) is 1. The molecule has 0 spiro atoms. The first-order valence-electron chi connectivity index (χ1n) is 5.92. The Labute approximate surface area is 136 Å². The largest absolute Gasteiger partial charge is 0.482 e. The summed E-state index contributed by atoms with van der Waals surface area (Å²) in [7, 11) is 0. The average molecular weight is 347 g/mol. The molecule has 0 bridgehead atoms. The first-order valence-corrected chi connectivity index (χ1v) is 7.21. The van der Waals surface area contributed by atoms with E-state index in [9.17, 15) is 10.1 Å². The Bertz CT molecular complexity index is 656. The van der Waals surface area contributed by atoms with Crippen LogP contribution >= 0.6 is 34.8 Å². The van der Waals surface area contributed by atoms with E-state index in [2.05, 4.69) is 0 Å². The minimum atomic E-state index is -0.514. The lowest BCUT2D eigenvalue weighted by Crippen LogP contribution is -2.01. The average Bonchev–Trinajstić information content (AvgIpc) is 2.46. The van der Waals surface area contributed by atoms with Gasteiger partial charge in [0.1, 0.15) is 6.61 Å². The summed E-state index contributed by atoms with van der Waals surface area (Å²) in [5, 5.41) is 12.0. The summed E-state index contributed by atoms with van der Waals surface area (Å²) in [6.07, 6.45) is 0. The predicted molar refractivity (Wildman–Crippen MR) is 83.4 cm³/mol. The molecule has 0 atom stereocenters. The van der Waals surface area contributed by atoms with Gasteiger partial charge >= 0.3 is 5.69 Å². The predicted octanol–water partition coefficient (Wildman–Crippen LogP) is 5.22. The lowest BCUT2D eigenvalue weighted by Gasteiger charge is -2.10. The number of halogens is 3. The fourth-order valence-corrected chi connectivity index (χ4v) is 2.40. The SMILES string of the molecule is O=[N+]([O-])c1cc(CCl)ccc1OCc1c(Cl)cccc1Cl. The fraction of sp³-hybridized carbons (Fsp3) is 0.143. The quantitative estimate of drug-likeness (QED) is 0.424. The van der Waals surface area contributed by atoms with E-state index < -0.39 is 4.92 Å². The summed E-state index contributed by atoms with van der Waals surface area (Å²) in [6, 6.07) is 9.64. The minimum Gasteiger partial charge on any atom is -0.482 e. The van der Waals surface area contributed by atoms with E-state index in [4.69, 9.17) is 39.5 Å². The summed E-state index contributed by atoms with van der Waals surface area (Å²) in [5.41, 5.74) is 1.08. The van der Waals surface area contributed by atoms with Gasteiger partial charge in [0.05, 0.1) is 4.92 Å². The molecular weight excluding hydrogens is 337 g/mol. The standard InChI is InChI=1S/C14H10Cl3NO3/c15-7-9-4-5-14(13(6-9)18(19)20)21-8-10-11(16)2-1-3-12(10)17/h1-6H,7-8H2. The monoisotopic (exact) mass is 345 g/mol. The third-order valence-corrected chi connectivity index (χ3v) is 3.82. The molecule has 0 amide bonds. The molecule has 21 heavy (non-hydrogen) atoms. The van der Waals surface area contributed by atoms with Crippen LogP contribution < -0.4 is 4.74 Å². The molecule has 0 unspecified atom stereocenters. The van der Waals surface area contributed by atoms with Gasteiger partial charge in [-0.1, -0.05) is 35.3 Å². The van der Waals surface area contributed by atoms with Crippen molar-refractivity contribution in [3.8, 4) is 5.75 Å². The molecule has 0 aromatic heterocycles. The van der Waals surface area contributed by atoms with Gasteiger partial charge in [0, 0.05) is 27.6 Å². The number of hydrogen-bond acceptors (Lipinski definition) is 3. The first kappa shape index (κ1) is 15.9. The van der Waals surface area contributed by atoms with E-state index in [-0.39, 0.29) is 23.9 Å². The summed E-state index contributed by atoms with van der Waals surface area (Å²) in [5.74, 6) is 0.335. The van der Waals surface area contributed by atoms with E-state index in [0.717, 1.165) is 0 Å². The third-order valence-electron chi connectivity index (χ3n) is 2.81. The van der Waals surface area contributed by atoms with E-state index in [1.807, 2.05) is 0 Å². The van der Waals surface area contributed by atoms with Crippen molar-refractivity contribution in [3.63, 3.8) is 0 Å². The molecule has 0 aliphatic heterocycles. The highest BCUT2D eigenvalue weighted by Crippen LogP contribution is 2.31. The lowest BCUT2D eigenvalue weighted by atomic mass is 10.2. The Morgan fingerprint density at radius 2 is 1.81 bits per heavy atom. The molecule has 0 heterocycles. The Hall–Kier alpha value is -1.49. The second-order valence-electron chi connectivity index (χ2n) is 4.18. The van der Waals surface area contributed by atoms with Crippen LogP contribution in [0.5, 0.6) is 5.75 Å². The van der Waals surface area contributed by atoms with Gasteiger partial charge in [0.15, 0.2) is 5.75 Å². The molecule has 0 radical (unpaired) electrons. The molecule has 2 aromatic carbocycles. The second-order valence-corrected chi connectivity index (χ2v) is 5.26. The third kappa shape index (κ3) is 3.79. The van der Waals surface area contributed by atoms with Gasteiger partial charge in [-0.2, -0.15) is 0 Å². The van der Waals surface area contributed by atoms with Crippen molar-refractivity contribution in [2.45, 2.75) is 12.5 Å². The van der Waals surface area contributed by atoms with E-state index in [1.54, 1.807) is 24.3 Å². The summed E-state index contributed by atoms with van der Waals surface area (Å²) in [4.78, 5) is 10.6. The van der Waals surface area contributed by atoms with Crippen LogP contribution in [0.2, 0.25) is 10.0 Å². The van der Waals surface area contributed by atoms with Gasteiger partial charge in [-0.05, 0) is 23.8 Å². The Morgan fingerprint density at radius 3 is 2.38 bits per heavy atom. The molecule has 0 aliphatic rings. The maximum atomic E-state index is 11.1. The number of nitro groups is 1. The van der Waals surface area contributed by atoms with Gasteiger partial charge in [-0.25, -0.2) is 0 Å². The molecule has 2 aromatic rings. The van der Waals surface area contributed by atoms with Gasteiger partial charge in [0.2, 0.25) is 0 Å². The highest BCUT2D eigenvalue weighted by atomic mass is 35.5. The molecule has 0 fully saturated rings. The molecule has 2 rings (SSSR count). The topological polar surface area (TPSA) is 52.4 Å². The van der Waals surface area contributed by atoms with Crippen molar-refractivity contribution in [2.75, 3.05) is 0 Å². The van der Waals surface area contributed by atoms with Crippen LogP contribution in [0.25, 0.3) is 0 Å². The van der Waals surface area contributed by atoms with Crippen molar-refractivity contribution >= 4 is 40.5 Å². The maximum Gasteiger partial charge on any atom is 0.311 e. The molecule has 110 valence electrons. The molecule has 0 N–H and O–H groups in total. The van der Waals surface area contributed by atoms with Crippen LogP contribution in [0.15, 0.2) is 36.4 Å². The Balaban J connectivity index is 2.26. The molecule has 4 nitrogen and oxygen atoms in total. The molecule has 0 saturated heterocycles. The zero-order valence-corrected chi connectivity index (χ0v) is 13.0. The number of alkyl halides is 1. The minimum absolute atomic E-state index is 0.0412. The zero-order chi connectivity index (χ0) is 15.4. The van der Waals surface area contributed by atoms with Crippen molar-refractivity contribution in [1.29, 1.82) is 0 Å². The lowest BCUT2D eigenvalue weighted by molar-refractivity contribution is -0.386. The number of benzene rings is 2. The van der Waals surface area contributed by atoms with Gasteiger partial charge in [-0.3, -0.25) is 10.1 Å². The number of nitrogens with zero attached hydrogens (tertiary/aromatic N) is 1. The molecule has 0 saturated carbocycles. The summed E-state index contributed by atoms with van der Waals surface area (Å²) in [6.45, 7) is 0.0412. The van der Waals surface area contributed by atoms with Crippen LogP contribution in [0.4, 0.5) is 5.69 Å². The number of hydrogen-bond donors (Lipinski definition) is 0.